The Morgan fingerprint density at radius 3 is 1.70 bits per heavy atom. The lowest BCUT2D eigenvalue weighted by Gasteiger charge is -2.38. The van der Waals surface area contributed by atoms with Gasteiger partial charge in [0, 0.05) is 0 Å². The predicted octanol–water partition coefficient (Wildman–Crippen LogP) is -1.50. The van der Waals surface area contributed by atoms with Crippen molar-refractivity contribution < 1.29 is 9.68 Å². The third-order valence-corrected chi connectivity index (χ3v) is 5.65. The molecule has 0 spiro atoms. The Balaban J connectivity index is 1.95. The SMILES string of the molecule is CCON1[SiH2]N(OCC)[SiH2]1. The van der Waals surface area contributed by atoms with Crippen LogP contribution in [-0.2, 0) is 9.68 Å². The lowest BCUT2D eigenvalue weighted by atomic mass is 10.9. The van der Waals surface area contributed by atoms with Gasteiger partial charge in [-0.2, -0.15) is 0 Å². The maximum Gasteiger partial charge on any atom is 0.214 e. The molecule has 1 fully saturated rings. The molecule has 0 atom stereocenters. The molecular weight excluding hydrogens is 164 g/mol. The second kappa shape index (κ2) is 4.21. The molecule has 1 saturated heterocycles. The van der Waals surface area contributed by atoms with Crippen LogP contribution < -0.4 is 0 Å². The second-order valence-corrected chi connectivity index (χ2v) is 7.26. The van der Waals surface area contributed by atoms with Crippen molar-refractivity contribution in [3.05, 3.63) is 0 Å². The normalized spacial score (nSPS) is 25.8. The predicted molar refractivity (Wildman–Crippen MR) is 44.0 cm³/mol. The van der Waals surface area contributed by atoms with E-state index in [1.807, 2.05) is 13.8 Å². The van der Waals surface area contributed by atoms with Crippen LogP contribution in [0.15, 0.2) is 0 Å². The van der Waals surface area contributed by atoms with Crippen molar-refractivity contribution in [1.29, 1.82) is 0 Å². The molecule has 0 unspecified atom stereocenters. The first kappa shape index (κ1) is 8.37. The van der Waals surface area contributed by atoms with E-state index in [4.69, 9.17) is 9.68 Å². The summed E-state index contributed by atoms with van der Waals surface area (Å²) in [6.07, 6.45) is 0. The van der Waals surface area contributed by atoms with Crippen LogP contribution in [0.3, 0.4) is 0 Å². The quantitative estimate of drug-likeness (QED) is 0.490. The summed E-state index contributed by atoms with van der Waals surface area (Å²) in [5.74, 6) is 0. The van der Waals surface area contributed by atoms with Crippen LogP contribution in [0.2, 0.25) is 0 Å². The Morgan fingerprint density at radius 1 is 1.00 bits per heavy atom. The second-order valence-electron chi connectivity index (χ2n) is 2.08. The summed E-state index contributed by atoms with van der Waals surface area (Å²) in [5, 5.41) is 0. The van der Waals surface area contributed by atoms with E-state index in [1.54, 1.807) is 0 Å². The Labute approximate surface area is 66.0 Å². The van der Waals surface area contributed by atoms with Crippen LogP contribution >= 0.6 is 0 Å². The minimum atomic E-state index is -0.305. The fourth-order valence-corrected chi connectivity index (χ4v) is 4.10. The van der Waals surface area contributed by atoms with Crippen molar-refractivity contribution in [1.82, 2.24) is 8.79 Å². The van der Waals surface area contributed by atoms with Crippen molar-refractivity contribution in [2.75, 3.05) is 13.2 Å². The van der Waals surface area contributed by atoms with Crippen LogP contribution in [0, 0.1) is 0 Å². The van der Waals surface area contributed by atoms with E-state index in [9.17, 15) is 0 Å². The lowest BCUT2D eigenvalue weighted by molar-refractivity contribution is -0.108. The van der Waals surface area contributed by atoms with Gasteiger partial charge in [-0.3, -0.25) is 0 Å². The Bertz CT molecular complexity index is 89.3. The topological polar surface area (TPSA) is 24.9 Å². The maximum absolute atomic E-state index is 5.29. The lowest BCUT2D eigenvalue weighted by Crippen LogP contribution is -2.60. The van der Waals surface area contributed by atoms with Gasteiger partial charge in [0.2, 0.25) is 19.7 Å². The molecule has 1 aliphatic rings. The average molecular weight is 178 g/mol. The zero-order chi connectivity index (χ0) is 7.40. The summed E-state index contributed by atoms with van der Waals surface area (Å²) in [6, 6.07) is 0. The van der Waals surface area contributed by atoms with Crippen molar-refractivity contribution in [2.45, 2.75) is 13.8 Å². The Hall–Kier alpha value is 0.274. The molecule has 0 aromatic heterocycles. The minimum Gasteiger partial charge on any atom is -0.311 e. The molecule has 6 heteroatoms. The molecule has 1 heterocycles. The van der Waals surface area contributed by atoms with E-state index in [0.29, 0.717) is 0 Å². The monoisotopic (exact) mass is 178 g/mol. The van der Waals surface area contributed by atoms with Gasteiger partial charge in [-0.1, -0.05) is 0 Å². The number of hydrogen-bond acceptors (Lipinski definition) is 4. The highest BCUT2D eigenvalue weighted by Crippen LogP contribution is 2.02. The van der Waals surface area contributed by atoms with Gasteiger partial charge >= 0.3 is 0 Å². The van der Waals surface area contributed by atoms with Crippen molar-refractivity contribution in [2.24, 2.45) is 0 Å². The zero-order valence-electron chi connectivity index (χ0n) is 6.54. The van der Waals surface area contributed by atoms with E-state index in [0.717, 1.165) is 13.2 Å². The van der Waals surface area contributed by atoms with Gasteiger partial charge in [-0.25, -0.2) is 8.79 Å². The molecule has 0 aromatic carbocycles. The van der Waals surface area contributed by atoms with Crippen LogP contribution in [0.5, 0.6) is 0 Å². The smallest absolute Gasteiger partial charge is 0.214 e. The third-order valence-electron chi connectivity index (χ3n) is 1.25. The third kappa shape index (κ3) is 2.15. The fraction of sp³-hybridized carbons (Fsp3) is 1.00. The summed E-state index contributed by atoms with van der Waals surface area (Å²) in [4.78, 5) is 10.6. The molecular formula is C4H14N2O2Si2. The highest BCUT2D eigenvalue weighted by atomic mass is 28.4. The first-order valence-corrected chi connectivity index (χ1v) is 6.15. The molecule has 0 aliphatic carbocycles. The van der Waals surface area contributed by atoms with E-state index >= 15 is 0 Å². The highest BCUT2D eigenvalue weighted by Gasteiger charge is 2.26. The largest absolute Gasteiger partial charge is 0.311 e. The summed E-state index contributed by atoms with van der Waals surface area (Å²) in [6.45, 7) is 5.65. The molecule has 1 aliphatic heterocycles. The summed E-state index contributed by atoms with van der Waals surface area (Å²) in [7, 11) is -0.610. The van der Waals surface area contributed by atoms with Gasteiger partial charge in [0.1, 0.15) is 0 Å². The van der Waals surface area contributed by atoms with Gasteiger partial charge in [0.25, 0.3) is 0 Å². The van der Waals surface area contributed by atoms with E-state index in [-0.39, 0.29) is 19.7 Å². The minimum absolute atomic E-state index is 0.305. The van der Waals surface area contributed by atoms with Crippen LogP contribution in [0.25, 0.3) is 0 Å². The van der Waals surface area contributed by atoms with Gasteiger partial charge in [-0.15, -0.1) is 0 Å². The molecule has 0 saturated carbocycles. The molecule has 1 rings (SSSR count). The number of rotatable bonds is 4. The molecule has 0 amide bonds. The van der Waals surface area contributed by atoms with Crippen LogP contribution in [0.1, 0.15) is 13.8 Å². The fourth-order valence-electron chi connectivity index (χ4n) is 0.839. The van der Waals surface area contributed by atoms with E-state index < -0.39 is 0 Å². The first-order valence-electron chi connectivity index (χ1n) is 3.62. The van der Waals surface area contributed by atoms with Crippen LogP contribution in [0.4, 0.5) is 0 Å². The number of nitrogens with zero attached hydrogens (tertiary/aromatic N) is 2. The van der Waals surface area contributed by atoms with Gasteiger partial charge in [-0.05, 0) is 13.8 Å². The first-order chi connectivity index (χ1) is 4.86. The van der Waals surface area contributed by atoms with Gasteiger partial charge in [0.05, 0.1) is 13.2 Å². The van der Waals surface area contributed by atoms with E-state index in [2.05, 4.69) is 8.79 Å². The highest BCUT2D eigenvalue weighted by molar-refractivity contribution is 6.63. The molecule has 4 nitrogen and oxygen atoms in total. The Morgan fingerprint density at radius 2 is 1.40 bits per heavy atom. The van der Waals surface area contributed by atoms with Gasteiger partial charge in [0.15, 0.2) is 0 Å². The van der Waals surface area contributed by atoms with Crippen molar-refractivity contribution >= 4 is 19.7 Å². The molecule has 60 valence electrons. The maximum atomic E-state index is 5.29. The summed E-state index contributed by atoms with van der Waals surface area (Å²) in [5.41, 5.74) is 0. The summed E-state index contributed by atoms with van der Waals surface area (Å²) < 4.78 is 4.27. The molecule has 0 aromatic rings. The zero-order valence-corrected chi connectivity index (χ0v) is 9.37. The number of hydrogen-bond donors (Lipinski definition) is 0. The standard InChI is InChI=1S/C4H14N2O2Si2/c1-3-7-5-9-6(10-5)8-4-2/h3-4,9-10H2,1-2H3. The molecule has 0 bridgehead atoms. The van der Waals surface area contributed by atoms with Gasteiger partial charge < -0.3 is 9.68 Å². The van der Waals surface area contributed by atoms with E-state index in [1.165, 1.54) is 0 Å². The van der Waals surface area contributed by atoms with Crippen LogP contribution in [-0.4, -0.2) is 41.7 Å². The molecule has 10 heavy (non-hydrogen) atoms. The Kier molecular flexibility index (Phi) is 3.53. The summed E-state index contributed by atoms with van der Waals surface area (Å²) >= 11 is 0. The molecule has 0 radical (unpaired) electrons. The molecule has 0 N–H and O–H groups in total. The average Bonchev–Trinajstić information content (AvgIpc) is 1.84. The van der Waals surface area contributed by atoms with Crippen molar-refractivity contribution in [3.8, 4) is 0 Å². The van der Waals surface area contributed by atoms with Crippen molar-refractivity contribution in [3.63, 3.8) is 0 Å².